The Morgan fingerprint density at radius 3 is 2.56 bits per heavy atom. The minimum absolute atomic E-state index is 0.348. The molecule has 0 aromatic carbocycles. The predicted molar refractivity (Wildman–Crippen MR) is 68.3 cm³/mol. The first kappa shape index (κ1) is 13.9. The Balaban J connectivity index is 2.41. The lowest BCUT2D eigenvalue weighted by molar-refractivity contribution is 0.0276. The van der Waals surface area contributed by atoms with Gasteiger partial charge in [-0.15, -0.1) is 0 Å². The predicted octanol–water partition coefficient (Wildman–Crippen LogP) is 1.60. The third kappa shape index (κ3) is 4.81. The summed E-state index contributed by atoms with van der Waals surface area (Å²) in [4.78, 5) is 2.52. The molecule has 1 fully saturated rings. The Bertz CT molecular complexity index is 202. The summed E-state index contributed by atoms with van der Waals surface area (Å²) in [5.41, 5.74) is 4.86. The van der Waals surface area contributed by atoms with Crippen molar-refractivity contribution in [2.45, 2.75) is 58.1 Å². The number of hydrogen-bond donors (Lipinski definition) is 2. The van der Waals surface area contributed by atoms with Crippen molar-refractivity contribution in [1.82, 2.24) is 4.90 Å². The third-order valence-corrected chi connectivity index (χ3v) is 3.50. The van der Waals surface area contributed by atoms with E-state index in [1.165, 1.54) is 25.8 Å². The Kier molecular flexibility index (Phi) is 5.22. The molecule has 0 bridgehead atoms. The van der Waals surface area contributed by atoms with E-state index in [9.17, 15) is 5.11 Å². The zero-order valence-electron chi connectivity index (χ0n) is 11.1. The standard InChI is InChI=1S/C13H28N2O/c1-4-7-15(9-12-5-6-12)11(2)8-13(3,16)10-14/h11-12,16H,4-10,14H2,1-3H3. The van der Waals surface area contributed by atoms with Crippen LogP contribution in [0.4, 0.5) is 0 Å². The summed E-state index contributed by atoms with van der Waals surface area (Å²) < 4.78 is 0. The van der Waals surface area contributed by atoms with E-state index in [0.29, 0.717) is 12.6 Å². The summed E-state index contributed by atoms with van der Waals surface area (Å²) in [5.74, 6) is 0.914. The first-order chi connectivity index (χ1) is 7.48. The lowest BCUT2D eigenvalue weighted by Gasteiger charge is -2.33. The molecule has 1 aliphatic rings. The highest BCUT2D eigenvalue weighted by Crippen LogP contribution is 2.31. The first-order valence-electron chi connectivity index (χ1n) is 6.65. The average Bonchev–Trinajstić information content (AvgIpc) is 3.00. The molecule has 1 aliphatic carbocycles. The van der Waals surface area contributed by atoms with E-state index < -0.39 is 5.60 Å². The SMILES string of the molecule is CCCN(CC1CC1)C(C)CC(C)(O)CN. The lowest BCUT2D eigenvalue weighted by atomic mass is 9.96. The fourth-order valence-corrected chi connectivity index (χ4v) is 2.26. The molecule has 1 rings (SSSR count). The van der Waals surface area contributed by atoms with Crippen molar-refractivity contribution in [1.29, 1.82) is 0 Å². The molecule has 0 amide bonds. The van der Waals surface area contributed by atoms with Crippen molar-refractivity contribution >= 4 is 0 Å². The molecular weight excluding hydrogens is 200 g/mol. The summed E-state index contributed by atoms with van der Waals surface area (Å²) in [6.45, 7) is 8.95. The van der Waals surface area contributed by atoms with Gasteiger partial charge in [-0.2, -0.15) is 0 Å². The molecule has 0 aliphatic heterocycles. The second-order valence-electron chi connectivity index (χ2n) is 5.69. The maximum Gasteiger partial charge on any atom is 0.0756 e. The van der Waals surface area contributed by atoms with Crippen LogP contribution in [0.25, 0.3) is 0 Å². The number of nitrogens with zero attached hydrogens (tertiary/aromatic N) is 1. The molecule has 0 aromatic rings. The van der Waals surface area contributed by atoms with Gasteiger partial charge < -0.3 is 15.7 Å². The van der Waals surface area contributed by atoms with Gasteiger partial charge >= 0.3 is 0 Å². The molecule has 3 nitrogen and oxygen atoms in total. The molecule has 96 valence electrons. The number of aliphatic hydroxyl groups is 1. The molecule has 2 unspecified atom stereocenters. The number of nitrogens with two attached hydrogens (primary N) is 1. The second-order valence-corrected chi connectivity index (χ2v) is 5.69. The van der Waals surface area contributed by atoms with Gasteiger partial charge in [0.15, 0.2) is 0 Å². The van der Waals surface area contributed by atoms with E-state index in [1.807, 2.05) is 6.92 Å². The zero-order valence-corrected chi connectivity index (χ0v) is 11.1. The van der Waals surface area contributed by atoms with E-state index in [-0.39, 0.29) is 0 Å². The average molecular weight is 228 g/mol. The Morgan fingerprint density at radius 2 is 2.12 bits per heavy atom. The highest BCUT2D eigenvalue weighted by Gasteiger charge is 2.29. The molecule has 3 heteroatoms. The van der Waals surface area contributed by atoms with E-state index in [0.717, 1.165) is 18.9 Å². The molecule has 3 N–H and O–H groups in total. The van der Waals surface area contributed by atoms with Gasteiger partial charge in [-0.25, -0.2) is 0 Å². The molecule has 0 saturated heterocycles. The second kappa shape index (κ2) is 5.99. The van der Waals surface area contributed by atoms with Gasteiger partial charge in [-0.1, -0.05) is 6.92 Å². The van der Waals surface area contributed by atoms with Crippen LogP contribution >= 0.6 is 0 Å². The molecule has 2 atom stereocenters. The highest BCUT2D eigenvalue weighted by atomic mass is 16.3. The minimum atomic E-state index is -0.713. The normalized spacial score (nSPS) is 22.1. The minimum Gasteiger partial charge on any atom is -0.389 e. The van der Waals surface area contributed by atoms with Crippen molar-refractivity contribution in [2.24, 2.45) is 11.7 Å². The summed E-state index contributed by atoms with van der Waals surface area (Å²) in [6, 6.07) is 0.430. The van der Waals surface area contributed by atoms with Crippen LogP contribution in [0, 0.1) is 5.92 Å². The Labute approximate surface area is 100 Å². The molecule has 0 spiro atoms. The van der Waals surface area contributed by atoms with Crippen LogP contribution in [-0.2, 0) is 0 Å². The maximum atomic E-state index is 10.0. The smallest absolute Gasteiger partial charge is 0.0756 e. The molecular formula is C13H28N2O. The van der Waals surface area contributed by atoms with E-state index in [1.54, 1.807) is 0 Å². The van der Waals surface area contributed by atoms with Gasteiger partial charge in [0.05, 0.1) is 5.60 Å². The zero-order chi connectivity index (χ0) is 12.2. The van der Waals surface area contributed by atoms with Crippen LogP contribution in [0.2, 0.25) is 0 Å². The largest absolute Gasteiger partial charge is 0.389 e. The van der Waals surface area contributed by atoms with Gasteiger partial charge in [0.25, 0.3) is 0 Å². The van der Waals surface area contributed by atoms with Gasteiger partial charge in [0.1, 0.15) is 0 Å². The fraction of sp³-hybridized carbons (Fsp3) is 1.00. The van der Waals surface area contributed by atoms with Crippen molar-refractivity contribution in [3.63, 3.8) is 0 Å². The number of hydrogen-bond acceptors (Lipinski definition) is 3. The molecule has 0 heterocycles. The topological polar surface area (TPSA) is 49.5 Å². The molecule has 0 radical (unpaired) electrons. The van der Waals surface area contributed by atoms with Gasteiger partial charge in [0, 0.05) is 19.1 Å². The fourth-order valence-electron chi connectivity index (χ4n) is 2.26. The van der Waals surface area contributed by atoms with E-state index in [2.05, 4.69) is 18.7 Å². The van der Waals surface area contributed by atoms with Crippen LogP contribution in [0.1, 0.15) is 46.5 Å². The van der Waals surface area contributed by atoms with Gasteiger partial charge in [-0.3, -0.25) is 0 Å². The van der Waals surface area contributed by atoms with Crippen LogP contribution in [-0.4, -0.2) is 41.3 Å². The summed E-state index contributed by atoms with van der Waals surface area (Å²) >= 11 is 0. The van der Waals surface area contributed by atoms with Crippen LogP contribution < -0.4 is 5.73 Å². The Hall–Kier alpha value is -0.120. The quantitative estimate of drug-likeness (QED) is 0.663. The van der Waals surface area contributed by atoms with Crippen molar-refractivity contribution < 1.29 is 5.11 Å². The van der Waals surface area contributed by atoms with Crippen LogP contribution in [0.3, 0.4) is 0 Å². The summed E-state index contributed by atoms with van der Waals surface area (Å²) in [7, 11) is 0. The molecule has 1 saturated carbocycles. The van der Waals surface area contributed by atoms with Crippen molar-refractivity contribution in [2.75, 3.05) is 19.6 Å². The lowest BCUT2D eigenvalue weighted by Crippen LogP contribution is -2.44. The van der Waals surface area contributed by atoms with Crippen LogP contribution in [0.5, 0.6) is 0 Å². The summed E-state index contributed by atoms with van der Waals surface area (Å²) in [5, 5.41) is 10.0. The van der Waals surface area contributed by atoms with Crippen molar-refractivity contribution in [3.8, 4) is 0 Å². The van der Waals surface area contributed by atoms with Gasteiger partial charge in [-0.05, 0) is 52.0 Å². The van der Waals surface area contributed by atoms with E-state index >= 15 is 0 Å². The Morgan fingerprint density at radius 1 is 1.50 bits per heavy atom. The molecule has 0 aromatic heterocycles. The van der Waals surface area contributed by atoms with E-state index in [4.69, 9.17) is 5.73 Å². The highest BCUT2D eigenvalue weighted by molar-refractivity contribution is 4.84. The summed E-state index contributed by atoms with van der Waals surface area (Å²) in [6.07, 6.45) is 4.73. The van der Waals surface area contributed by atoms with Crippen molar-refractivity contribution in [3.05, 3.63) is 0 Å². The number of rotatable bonds is 8. The van der Waals surface area contributed by atoms with Crippen LogP contribution in [0.15, 0.2) is 0 Å². The third-order valence-electron chi connectivity index (χ3n) is 3.50. The monoisotopic (exact) mass is 228 g/mol. The molecule has 16 heavy (non-hydrogen) atoms. The maximum absolute atomic E-state index is 10.0. The first-order valence-corrected chi connectivity index (χ1v) is 6.65. The van der Waals surface area contributed by atoms with Gasteiger partial charge in [0.2, 0.25) is 0 Å².